The second-order valence-electron chi connectivity index (χ2n) is 8.81. The zero-order valence-electron chi connectivity index (χ0n) is 19.9. The second-order valence-corrected chi connectivity index (χ2v) is 8.81. The molecule has 1 spiro atoms. The summed E-state index contributed by atoms with van der Waals surface area (Å²) < 4.78 is 16.3. The molecule has 0 aromatic heterocycles. The van der Waals surface area contributed by atoms with Crippen LogP contribution in [0.25, 0.3) is 0 Å². The lowest BCUT2D eigenvalue weighted by molar-refractivity contribution is -0.143. The van der Waals surface area contributed by atoms with Crippen LogP contribution in [0.2, 0.25) is 0 Å². The third-order valence-corrected chi connectivity index (χ3v) is 6.87. The van der Waals surface area contributed by atoms with Gasteiger partial charge in [-0.1, -0.05) is 24.3 Å². The van der Waals surface area contributed by atoms with Gasteiger partial charge in [-0.25, -0.2) is 0 Å². The first-order valence-electron chi connectivity index (χ1n) is 11.8. The number of anilines is 1. The molecule has 2 aromatic carbocycles. The fraction of sp³-hybridized carbons (Fsp3) is 0.333. The molecule has 0 N–H and O–H groups in total. The second kappa shape index (κ2) is 9.23. The van der Waals surface area contributed by atoms with Crippen molar-refractivity contribution in [3.63, 3.8) is 0 Å². The number of para-hydroxylation sites is 1. The zero-order valence-corrected chi connectivity index (χ0v) is 19.9. The number of likely N-dealkylation sites (tertiary alicyclic amines) is 1. The summed E-state index contributed by atoms with van der Waals surface area (Å²) in [6, 6.07) is 11.6. The molecule has 3 aliphatic heterocycles. The fourth-order valence-electron chi connectivity index (χ4n) is 5.39. The van der Waals surface area contributed by atoms with Crippen molar-refractivity contribution in [1.82, 2.24) is 4.90 Å². The molecule has 0 saturated carbocycles. The Morgan fingerprint density at radius 3 is 2.64 bits per heavy atom. The molecule has 0 radical (unpaired) electrons. The van der Waals surface area contributed by atoms with Crippen molar-refractivity contribution in [2.75, 3.05) is 44.9 Å². The van der Waals surface area contributed by atoms with Crippen molar-refractivity contribution in [3.8, 4) is 11.5 Å². The quantitative estimate of drug-likeness (QED) is 0.184. The minimum absolute atomic E-state index is 0.0747. The van der Waals surface area contributed by atoms with Crippen LogP contribution >= 0.6 is 0 Å². The van der Waals surface area contributed by atoms with E-state index < -0.39 is 34.8 Å². The molecule has 9 nitrogen and oxygen atoms in total. The highest BCUT2D eigenvalue weighted by Gasteiger charge is 2.70. The first-order valence-corrected chi connectivity index (χ1v) is 11.8. The lowest BCUT2D eigenvalue weighted by Crippen LogP contribution is -2.55. The lowest BCUT2D eigenvalue weighted by atomic mass is 9.75. The number of Topliss-reactive ketones (excluding diaryl/α,β-unsaturated/α-hetero) is 2. The van der Waals surface area contributed by atoms with E-state index in [1.54, 1.807) is 36.4 Å². The zero-order chi connectivity index (χ0) is 25.4. The summed E-state index contributed by atoms with van der Waals surface area (Å²) in [5.41, 5.74) is -0.645. The van der Waals surface area contributed by atoms with E-state index in [1.165, 1.54) is 29.0 Å². The summed E-state index contributed by atoms with van der Waals surface area (Å²) in [7, 11) is 1.53. The Bertz CT molecular complexity index is 1270. The van der Waals surface area contributed by atoms with E-state index in [-0.39, 0.29) is 18.7 Å². The van der Waals surface area contributed by atoms with Gasteiger partial charge in [0.15, 0.2) is 22.8 Å². The molecule has 36 heavy (non-hydrogen) atoms. The summed E-state index contributed by atoms with van der Waals surface area (Å²) in [6.07, 6.45) is 1.96. The molecule has 186 valence electrons. The standard InChI is InChI=1S/C27H26N2O7/c1-3-11-28-19-8-5-4-7-18(19)27(26(28)33)22(24(31)25(32)29(27)12-6-13-34-2)23(30)17-9-10-20-21(16-17)36-15-14-35-20/h3-5,7-10,16,22H,1,6,11-15H2,2H3. The van der Waals surface area contributed by atoms with Gasteiger partial charge in [0, 0.05) is 37.9 Å². The molecule has 3 heterocycles. The van der Waals surface area contributed by atoms with E-state index >= 15 is 0 Å². The van der Waals surface area contributed by atoms with Crippen LogP contribution in [0.3, 0.4) is 0 Å². The van der Waals surface area contributed by atoms with Gasteiger partial charge in [0.2, 0.25) is 5.78 Å². The molecular formula is C27H26N2O7. The van der Waals surface area contributed by atoms with Crippen molar-refractivity contribution in [2.24, 2.45) is 5.92 Å². The van der Waals surface area contributed by atoms with Crippen LogP contribution in [0.4, 0.5) is 5.69 Å². The number of hydrogen-bond donors (Lipinski definition) is 0. The lowest BCUT2D eigenvalue weighted by Gasteiger charge is -2.36. The molecule has 1 saturated heterocycles. The van der Waals surface area contributed by atoms with Crippen LogP contribution in [-0.2, 0) is 24.7 Å². The number of benzene rings is 2. The topological polar surface area (TPSA) is 102 Å². The highest BCUT2D eigenvalue weighted by Crippen LogP contribution is 2.53. The minimum Gasteiger partial charge on any atom is -0.486 e. The molecule has 0 aliphatic carbocycles. The number of carbonyl (C=O) groups is 4. The molecule has 2 aromatic rings. The highest BCUT2D eigenvalue weighted by atomic mass is 16.6. The maximum Gasteiger partial charge on any atom is 0.292 e. The third kappa shape index (κ3) is 3.34. The van der Waals surface area contributed by atoms with Gasteiger partial charge in [-0.3, -0.25) is 19.2 Å². The maximum atomic E-state index is 14.2. The van der Waals surface area contributed by atoms with Gasteiger partial charge < -0.3 is 24.0 Å². The van der Waals surface area contributed by atoms with E-state index in [1.807, 2.05) is 0 Å². The summed E-state index contributed by atoms with van der Waals surface area (Å²) in [4.78, 5) is 57.9. The average molecular weight is 491 g/mol. The van der Waals surface area contributed by atoms with Gasteiger partial charge in [-0.2, -0.15) is 0 Å². The molecule has 9 heteroatoms. The Kier molecular flexibility index (Phi) is 6.09. The number of hydrogen-bond acceptors (Lipinski definition) is 7. The van der Waals surface area contributed by atoms with Gasteiger partial charge >= 0.3 is 0 Å². The fourth-order valence-corrected chi connectivity index (χ4v) is 5.39. The predicted molar refractivity (Wildman–Crippen MR) is 129 cm³/mol. The Labute approximate surface area is 208 Å². The van der Waals surface area contributed by atoms with E-state index in [0.29, 0.717) is 49.0 Å². The smallest absolute Gasteiger partial charge is 0.292 e. The highest BCUT2D eigenvalue weighted by molar-refractivity contribution is 6.47. The first-order chi connectivity index (χ1) is 17.5. The van der Waals surface area contributed by atoms with Crippen LogP contribution < -0.4 is 14.4 Å². The molecule has 2 unspecified atom stereocenters. The molecule has 0 bridgehead atoms. The van der Waals surface area contributed by atoms with E-state index in [9.17, 15) is 19.2 Å². The maximum absolute atomic E-state index is 14.2. The molecule has 2 amide bonds. The van der Waals surface area contributed by atoms with Crippen LogP contribution in [-0.4, -0.2) is 68.3 Å². The van der Waals surface area contributed by atoms with Crippen LogP contribution in [0, 0.1) is 5.92 Å². The summed E-state index contributed by atoms with van der Waals surface area (Å²) in [5, 5.41) is 0. The number of rotatable bonds is 8. The molecule has 2 atom stereocenters. The van der Waals surface area contributed by atoms with Gasteiger partial charge in [0.05, 0.1) is 5.69 Å². The van der Waals surface area contributed by atoms with Crippen molar-refractivity contribution < 1.29 is 33.4 Å². The van der Waals surface area contributed by atoms with Crippen molar-refractivity contribution in [2.45, 2.75) is 12.0 Å². The Balaban J connectivity index is 1.68. The third-order valence-electron chi connectivity index (χ3n) is 6.87. The number of fused-ring (bicyclic) bond motifs is 3. The summed E-state index contributed by atoms with van der Waals surface area (Å²) >= 11 is 0. The van der Waals surface area contributed by atoms with E-state index in [0.717, 1.165) is 0 Å². The molecule has 3 aliphatic rings. The number of carbonyl (C=O) groups excluding carboxylic acids is 4. The van der Waals surface area contributed by atoms with Gasteiger partial charge in [0.1, 0.15) is 19.1 Å². The van der Waals surface area contributed by atoms with Gasteiger partial charge in [-0.05, 0) is 30.7 Å². The van der Waals surface area contributed by atoms with Crippen molar-refractivity contribution in [1.29, 1.82) is 0 Å². The van der Waals surface area contributed by atoms with Gasteiger partial charge in [-0.15, -0.1) is 6.58 Å². The van der Waals surface area contributed by atoms with Gasteiger partial charge in [0.25, 0.3) is 11.8 Å². The number of ether oxygens (including phenoxy) is 3. The summed E-state index contributed by atoms with van der Waals surface area (Å²) in [5.74, 6) is -3.58. The Morgan fingerprint density at radius 2 is 1.89 bits per heavy atom. The predicted octanol–water partition coefficient (Wildman–Crippen LogP) is 2.13. The number of nitrogens with zero attached hydrogens (tertiary/aromatic N) is 2. The molecular weight excluding hydrogens is 464 g/mol. The average Bonchev–Trinajstić information content (AvgIpc) is 3.27. The number of ketones is 2. The monoisotopic (exact) mass is 490 g/mol. The van der Waals surface area contributed by atoms with E-state index in [4.69, 9.17) is 14.2 Å². The largest absolute Gasteiger partial charge is 0.486 e. The van der Waals surface area contributed by atoms with Crippen LogP contribution in [0.1, 0.15) is 22.3 Å². The SMILES string of the molecule is C=CCN1C(=O)C2(c3ccccc31)C(C(=O)c1ccc3c(c1)OCCO3)C(=O)C(=O)N2CCCOC. The number of methoxy groups -OCH3 is 1. The molecule has 1 fully saturated rings. The van der Waals surface area contributed by atoms with Crippen LogP contribution in [0.15, 0.2) is 55.1 Å². The van der Waals surface area contributed by atoms with Crippen molar-refractivity contribution >= 4 is 29.1 Å². The Hall–Kier alpha value is -3.98. The first kappa shape index (κ1) is 23.7. The number of amides is 2. The normalized spacial score (nSPS) is 22.4. The van der Waals surface area contributed by atoms with E-state index in [2.05, 4.69) is 6.58 Å². The Morgan fingerprint density at radius 1 is 1.14 bits per heavy atom. The minimum atomic E-state index is -1.80. The van der Waals surface area contributed by atoms with Crippen LogP contribution in [0.5, 0.6) is 11.5 Å². The summed E-state index contributed by atoms with van der Waals surface area (Å²) in [6.45, 7) is 5.02. The molecule has 5 rings (SSSR count). The van der Waals surface area contributed by atoms with Crippen molar-refractivity contribution in [3.05, 3.63) is 66.2 Å².